The summed E-state index contributed by atoms with van der Waals surface area (Å²) in [7, 11) is 1.61. The van der Waals surface area contributed by atoms with Crippen LogP contribution in [0.15, 0.2) is 24.3 Å². The van der Waals surface area contributed by atoms with Crippen molar-refractivity contribution in [3.05, 3.63) is 29.8 Å². The van der Waals surface area contributed by atoms with E-state index in [0.29, 0.717) is 13.2 Å². The second-order valence-electron chi connectivity index (χ2n) is 3.94. The standard InChI is InChI=1S/C12H15NO4/c1-16-9-4-2-8(3-5-9)10(11-7-17-11)6-13-12(14)15/h2-5,10-11,13H,6-7H2,1H3,(H,14,15)/t10-,11-/m0/s1. The van der Waals surface area contributed by atoms with Crippen LogP contribution in [0.1, 0.15) is 11.5 Å². The zero-order valence-corrected chi connectivity index (χ0v) is 9.55. The molecular formula is C12H15NO4. The SMILES string of the molecule is COc1ccc([C@H](CNC(=O)O)[C@@H]2CO2)cc1. The van der Waals surface area contributed by atoms with E-state index in [1.807, 2.05) is 24.3 Å². The number of methoxy groups -OCH3 is 1. The largest absolute Gasteiger partial charge is 0.497 e. The van der Waals surface area contributed by atoms with Crippen LogP contribution < -0.4 is 10.1 Å². The predicted octanol–water partition coefficient (Wildman–Crippen LogP) is 1.45. The van der Waals surface area contributed by atoms with Crippen molar-refractivity contribution >= 4 is 6.09 Å². The highest BCUT2D eigenvalue weighted by molar-refractivity contribution is 5.64. The number of hydrogen-bond donors (Lipinski definition) is 2. The monoisotopic (exact) mass is 237 g/mol. The molecule has 1 aromatic rings. The fourth-order valence-corrected chi connectivity index (χ4v) is 1.80. The van der Waals surface area contributed by atoms with Gasteiger partial charge in [0.2, 0.25) is 0 Å². The van der Waals surface area contributed by atoms with Gasteiger partial charge in [-0.2, -0.15) is 0 Å². The van der Waals surface area contributed by atoms with Gasteiger partial charge in [0.1, 0.15) is 5.75 Å². The van der Waals surface area contributed by atoms with Crippen molar-refractivity contribution in [2.45, 2.75) is 12.0 Å². The van der Waals surface area contributed by atoms with Crippen LogP contribution in [0.5, 0.6) is 5.75 Å². The Labute approximate surface area is 99.3 Å². The Hall–Kier alpha value is -1.75. The zero-order chi connectivity index (χ0) is 12.3. The Morgan fingerprint density at radius 2 is 2.24 bits per heavy atom. The van der Waals surface area contributed by atoms with Crippen molar-refractivity contribution in [1.29, 1.82) is 0 Å². The van der Waals surface area contributed by atoms with E-state index < -0.39 is 6.09 Å². The van der Waals surface area contributed by atoms with E-state index in [2.05, 4.69) is 5.32 Å². The van der Waals surface area contributed by atoms with Crippen molar-refractivity contribution < 1.29 is 19.4 Å². The normalized spacial score (nSPS) is 19.5. The smallest absolute Gasteiger partial charge is 0.404 e. The lowest BCUT2D eigenvalue weighted by molar-refractivity contribution is 0.193. The van der Waals surface area contributed by atoms with Crippen LogP contribution in [-0.2, 0) is 4.74 Å². The van der Waals surface area contributed by atoms with E-state index in [1.54, 1.807) is 7.11 Å². The summed E-state index contributed by atoms with van der Waals surface area (Å²) in [4.78, 5) is 10.5. The van der Waals surface area contributed by atoms with Gasteiger partial charge >= 0.3 is 6.09 Å². The number of benzene rings is 1. The van der Waals surface area contributed by atoms with Gasteiger partial charge in [-0.25, -0.2) is 4.79 Å². The molecule has 2 atom stereocenters. The zero-order valence-electron chi connectivity index (χ0n) is 9.55. The molecule has 2 rings (SSSR count). The number of nitrogens with one attached hydrogen (secondary N) is 1. The number of carbonyl (C=O) groups is 1. The summed E-state index contributed by atoms with van der Waals surface area (Å²) < 4.78 is 10.3. The van der Waals surface area contributed by atoms with Crippen LogP contribution in [-0.4, -0.2) is 37.6 Å². The quantitative estimate of drug-likeness (QED) is 0.760. The fraction of sp³-hybridized carbons (Fsp3) is 0.417. The van der Waals surface area contributed by atoms with E-state index in [1.165, 1.54) is 0 Å². The molecule has 92 valence electrons. The third-order valence-electron chi connectivity index (χ3n) is 2.83. The van der Waals surface area contributed by atoms with Gasteiger partial charge in [-0.3, -0.25) is 0 Å². The Balaban J connectivity index is 2.05. The highest BCUT2D eigenvalue weighted by Gasteiger charge is 2.33. The van der Waals surface area contributed by atoms with Crippen molar-refractivity contribution in [1.82, 2.24) is 5.32 Å². The second-order valence-corrected chi connectivity index (χ2v) is 3.94. The Morgan fingerprint density at radius 1 is 1.59 bits per heavy atom. The number of epoxide rings is 1. The summed E-state index contributed by atoms with van der Waals surface area (Å²) >= 11 is 0. The molecule has 0 saturated carbocycles. The molecule has 1 saturated heterocycles. The maximum absolute atomic E-state index is 10.5. The second kappa shape index (κ2) is 5.05. The molecule has 5 heteroatoms. The lowest BCUT2D eigenvalue weighted by Gasteiger charge is -2.15. The first-order chi connectivity index (χ1) is 8.20. The van der Waals surface area contributed by atoms with Crippen molar-refractivity contribution in [3.8, 4) is 5.75 Å². The number of carboxylic acid groups (broad SMARTS) is 1. The number of ether oxygens (including phenoxy) is 2. The lowest BCUT2D eigenvalue weighted by Crippen LogP contribution is -2.29. The minimum Gasteiger partial charge on any atom is -0.497 e. The average molecular weight is 237 g/mol. The first-order valence-corrected chi connectivity index (χ1v) is 5.43. The van der Waals surface area contributed by atoms with Crippen molar-refractivity contribution in [3.63, 3.8) is 0 Å². The lowest BCUT2D eigenvalue weighted by atomic mass is 9.96. The molecule has 1 heterocycles. The minimum absolute atomic E-state index is 0.0667. The fourth-order valence-electron chi connectivity index (χ4n) is 1.80. The van der Waals surface area contributed by atoms with Crippen LogP contribution in [0, 0.1) is 0 Å². The van der Waals surface area contributed by atoms with E-state index in [9.17, 15) is 4.79 Å². The summed E-state index contributed by atoms with van der Waals surface area (Å²) in [6, 6.07) is 7.61. The molecule has 1 fully saturated rings. The summed E-state index contributed by atoms with van der Waals surface area (Å²) in [5.41, 5.74) is 1.06. The van der Waals surface area contributed by atoms with E-state index in [4.69, 9.17) is 14.6 Å². The van der Waals surface area contributed by atoms with Crippen molar-refractivity contribution in [2.24, 2.45) is 0 Å². The van der Waals surface area contributed by atoms with Gasteiger partial charge in [-0.05, 0) is 17.7 Å². The van der Waals surface area contributed by atoms with Crippen LogP contribution in [0.25, 0.3) is 0 Å². The maximum atomic E-state index is 10.5. The van der Waals surface area contributed by atoms with Gasteiger partial charge in [0.25, 0.3) is 0 Å². The van der Waals surface area contributed by atoms with E-state index >= 15 is 0 Å². The highest BCUT2D eigenvalue weighted by Crippen LogP contribution is 2.30. The topological polar surface area (TPSA) is 71.1 Å². The maximum Gasteiger partial charge on any atom is 0.404 e. The molecule has 1 aromatic carbocycles. The molecule has 0 radical (unpaired) electrons. The van der Waals surface area contributed by atoms with Crippen LogP contribution in [0.2, 0.25) is 0 Å². The summed E-state index contributed by atoms with van der Waals surface area (Å²) in [5, 5.41) is 11.0. The molecule has 0 aliphatic carbocycles. The van der Waals surface area contributed by atoms with Crippen LogP contribution >= 0.6 is 0 Å². The molecular weight excluding hydrogens is 222 g/mol. The predicted molar refractivity (Wildman–Crippen MR) is 61.5 cm³/mol. The number of rotatable bonds is 5. The molecule has 1 aliphatic heterocycles. The van der Waals surface area contributed by atoms with Gasteiger partial charge in [-0.1, -0.05) is 12.1 Å². The number of hydrogen-bond acceptors (Lipinski definition) is 3. The molecule has 0 unspecified atom stereocenters. The molecule has 17 heavy (non-hydrogen) atoms. The Kier molecular flexibility index (Phi) is 3.49. The van der Waals surface area contributed by atoms with Gasteiger partial charge in [0.05, 0.1) is 19.8 Å². The molecule has 2 N–H and O–H groups in total. The first kappa shape index (κ1) is 11.7. The van der Waals surface area contributed by atoms with Gasteiger partial charge in [0.15, 0.2) is 0 Å². The van der Waals surface area contributed by atoms with E-state index in [0.717, 1.165) is 11.3 Å². The van der Waals surface area contributed by atoms with Crippen LogP contribution in [0.4, 0.5) is 4.79 Å². The summed E-state index contributed by atoms with van der Waals surface area (Å²) in [6.07, 6.45) is -0.889. The Morgan fingerprint density at radius 3 is 2.71 bits per heavy atom. The average Bonchev–Trinajstić information content (AvgIpc) is 3.14. The molecule has 1 amide bonds. The summed E-state index contributed by atoms with van der Waals surface area (Å²) in [6.45, 7) is 1.06. The molecule has 0 aromatic heterocycles. The third-order valence-corrected chi connectivity index (χ3v) is 2.83. The summed E-state index contributed by atoms with van der Waals surface area (Å²) in [5.74, 6) is 0.854. The molecule has 0 bridgehead atoms. The highest BCUT2D eigenvalue weighted by atomic mass is 16.6. The first-order valence-electron chi connectivity index (χ1n) is 5.43. The van der Waals surface area contributed by atoms with E-state index in [-0.39, 0.29) is 12.0 Å². The minimum atomic E-state index is -1.01. The molecule has 5 nitrogen and oxygen atoms in total. The number of amides is 1. The van der Waals surface area contributed by atoms with Gasteiger partial charge in [-0.15, -0.1) is 0 Å². The Bertz CT molecular complexity index is 386. The van der Waals surface area contributed by atoms with Crippen molar-refractivity contribution in [2.75, 3.05) is 20.3 Å². The molecule has 1 aliphatic rings. The van der Waals surface area contributed by atoms with Gasteiger partial charge in [0, 0.05) is 12.5 Å². The van der Waals surface area contributed by atoms with Gasteiger partial charge < -0.3 is 19.9 Å². The molecule has 0 spiro atoms. The van der Waals surface area contributed by atoms with Crippen LogP contribution in [0.3, 0.4) is 0 Å². The third kappa shape index (κ3) is 3.10.